The predicted octanol–water partition coefficient (Wildman–Crippen LogP) is 3.74. The van der Waals surface area contributed by atoms with Crippen LogP contribution in [0.3, 0.4) is 0 Å². The van der Waals surface area contributed by atoms with Gasteiger partial charge in [0.25, 0.3) is 0 Å². The van der Waals surface area contributed by atoms with Crippen LogP contribution in [0.25, 0.3) is 16.7 Å². The summed E-state index contributed by atoms with van der Waals surface area (Å²) in [6.07, 6.45) is 4.76. The highest BCUT2D eigenvalue weighted by molar-refractivity contribution is 9.10. The third-order valence-electron chi connectivity index (χ3n) is 4.01. The lowest BCUT2D eigenvalue weighted by atomic mass is 10.2. The van der Waals surface area contributed by atoms with Crippen molar-refractivity contribution in [3.05, 3.63) is 65.0 Å². The molecule has 2 aromatic carbocycles. The number of fused-ring (bicyclic) bond motifs is 1. The van der Waals surface area contributed by atoms with Crippen LogP contribution in [-0.2, 0) is 0 Å². The largest absolute Gasteiger partial charge is 0.504 e. The Bertz CT molecular complexity index is 1170. The average Bonchev–Trinajstić information content (AvgIpc) is 3.14. The number of anilines is 1. The number of benzene rings is 2. The fraction of sp³-hybridized carbons (Fsp3) is 0.0526. The van der Waals surface area contributed by atoms with Gasteiger partial charge in [0.1, 0.15) is 6.33 Å². The summed E-state index contributed by atoms with van der Waals surface area (Å²) in [5, 5.41) is 19.0. The van der Waals surface area contributed by atoms with E-state index in [0.717, 1.165) is 21.1 Å². The molecular formula is C19H15BrN6O2. The van der Waals surface area contributed by atoms with Crippen molar-refractivity contribution in [3.63, 3.8) is 0 Å². The summed E-state index contributed by atoms with van der Waals surface area (Å²) < 4.78 is 7.79. The van der Waals surface area contributed by atoms with Crippen LogP contribution in [0.1, 0.15) is 5.56 Å². The number of nitrogens with one attached hydrogen (secondary N) is 1. The number of ether oxygens (including phenoxy) is 1. The summed E-state index contributed by atoms with van der Waals surface area (Å²) in [5.41, 5.74) is 5.23. The summed E-state index contributed by atoms with van der Waals surface area (Å²) in [4.78, 5) is 8.59. The molecule has 4 rings (SSSR count). The molecule has 0 unspecified atom stereocenters. The van der Waals surface area contributed by atoms with Gasteiger partial charge in [-0.3, -0.25) is 5.43 Å². The van der Waals surface area contributed by atoms with Crippen molar-refractivity contribution in [2.75, 3.05) is 12.5 Å². The molecule has 0 radical (unpaired) electrons. The molecule has 2 aromatic heterocycles. The maximum atomic E-state index is 9.66. The fourth-order valence-corrected chi connectivity index (χ4v) is 3.06. The van der Waals surface area contributed by atoms with E-state index in [1.807, 2.05) is 24.3 Å². The first-order valence-corrected chi connectivity index (χ1v) is 9.06. The lowest BCUT2D eigenvalue weighted by molar-refractivity contribution is 0.373. The quantitative estimate of drug-likeness (QED) is 0.363. The topological polar surface area (TPSA) is 97.5 Å². The molecule has 0 aliphatic carbocycles. The van der Waals surface area contributed by atoms with Gasteiger partial charge in [-0.25, -0.2) is 14.6 Å². The second-order valence-electron chi connectivity index (χ2n) is 5.80. The number of rotatable bonds is 5. The van der Waals surface area contributed by atoms with Gasteiger partial charge in [0.15, 0.2) is 23.0 Å². The molecule has 8 nitrogen and oxygen atoms in total. The summed E-state index contributed by atoms with van der Waals surface area (Å²) in [5.74, 6) is 0.988. The fourth-order valence-electron chi connectivity index (χ4n) is 2.67. The van der Waals surface area contributed by atoms with Crippen LogP contribution in [0, 0.1) is 0 Å². The van der Waals surface area contributed by atoms with Gasteiger partial charge >= 0.3 is 0 Å². The van der Waals surface area contributed by atoms with Crippen LogP contribution >= 0.6 is 15.9 Å². The van der Waals surface area contributed by atoms with Crippen LogP contribution in [-0.4, -0.2) is 38.2 Å². The Morgan fingerprint density at radius 2 is 2.11 bits per heavy atom. The van der Waals surface area contributed by atoms with E-state index >= 15 is 0 Å². The molecule has 0 fully saturated rings. The number of hydrogen-bond acceptors (Lipinski definition) is 7. The van der Waals surface area contributed by atoms with Crippen molar-refractivity contribution in [3.8, 4) is 17.2 Å². The van der Waals surface area contributed by atoms with Crippen molar-refractivity contribution < 1.29 is 9.84 Å². The Kier molecular flexibility index (Phi) is 4.90. The van der Waals surface area contributed by atoms with Crippen LogP contribution < -0.4 is 10.2 Å². The number of hydrogen-bond donors (Lipinski definition) is 2. The summed E-state index contributed by atoms with van der Waals surface area (Å²) in [6.45, 7) is 0. The van der Waals surface area contributed by atoms with E-state index in [0.29, 0.717) is 17.2 Å². The highest BCUT2D eigenvalue weighted by Crippen LogP contribution is 2.26. The lowest BCUT2D eigenvalue weighted by Gasteiger charge is -2.05. The van der Waals surface area contributed by atoms with Crippen molar-refractivity contribution in [1.82, 2.24) is 19.7 Å². The Balaban J connectivity index is 1.61. The van der Waals surface area contributed by atoms with Gasteiger partial charge in [-0.15, -0.1) is 0 Å². The molecule has 2 heterocycles. The zero-order chi connectivity index (χ0) is 19.5. The molecule has 140 valence electrons. The minimum Gasteiger partial charge on any atom is -0.504 e. The Hall–Kier alpha value is -3.46. The normalized spacial score (nSPS) is 11.2. The first kappa shape index (κ1) is 17.9. The molecule has 0 amide bonds. The second kappa shape index (κ2) is 7.65. The SMILES string of the molecule is COc1cc(C=NNc2ncnc3c2cnn3-c2cccc(Br)c2)ccc1O. The highest BCUT2D eigenvalue weighted by Gasteiger charge is 2.11. The Labute approximate surface area is 168 Å². The molecule has 4 aromatic rings. The van der Waals surface area contributed by atoms with E-state index in [1.54, 1.807) is 35.3 Å². The van der Waals surface area contributed by atoms with Gasteiger partial charge in [-0.05, 0) is 42.0 Å². The van der Waals surface area contributed by atoms with E-state index in [-0.39, 0.29) is 5.75 Å². The number of phenolic OH excluding ortho intramolecular Hbond substituents is 1. The smallest absolute Gasteiger partial charge is 0.168 e. The lowest BCUT2D eigenvalue weighted by Crippen LogP contribution is -1.99. The van der Waals surface area contributed by atoms with Crippen molar-refractivity contribution >= 4 is 39.0 Å². The monoisotopic (exact) mass is 438 g/mol. The maximum absolute atomic E-state index is 9.66. The maximum Gasteiger partial charge on any atom is 0.168 e. The third kappa shape index (κ3) is 3.52. The van der Waals surface area contributed by atoms with Gasteiger partial charge in [-0.2, -0.15) is 10.2 Å². The molecule has 9 heteroatoms. The molecular weight excluding hydrogens is 424 g/mol. The van der Waals surface area contributed by atoms with Gasteiger partial charge in [-0.1, -0.05) is 22.0 Å². The Morgan fingerprint density at radius 3 is 2.93 bits per heavy atom. The van der Waals surface area contributed by atoms with Gasteiger partial charge in [0.2, 0.25) is 0 Å². The van der Waals surface area contributed by atoms with E-state index in [9.17, 15) is 5.11 Å². The van der Waals surface area contributed by atoms with Crippen LogP contribution in [0.5, 0.6) is 11.5 Å². The minimum atomic E-state index is 0.0741. The molecule has 0 spiro atoms. The van der Waals surface area contributed by atoms with Gasteiger partial charge < -0.3 is 9.84 Å². The van der Waals surface area contributed by atoms with Crippen LogP contribution in [0.2, 0.25) is 0 Å². The molecule has 0 aliphatic heterocycles. The average molecular weight is 439 g/mol. The third-order valence-corrected chi connectivity index (χ3v) is 4.50. The molecule has 0 bridgehead atoms. The molecule has 0 aliphatic rings. The standard InChI is InChI=1S/C19H15BrN6O2/c1-28-17-7-12(5-6-16(17)27)9-23-25-18-15-10-24-26(19(15)22-11-21-18)14-4-2-3-13(20)8-14/h2-11,27H,1H3,(H,21,22,25). The summed E-state index contributed by atoms with van der Waals surface area (Å²) in [6, 6.07) is 12.7. The van der Waals surface area contributed by atoms with E-state index < -0.39 is 0 Å². The summed E-state index contributed by atoms with van der Waals surface area (Å²) >= 11 is 3.47. The molecule has 28 heavy (non-hydrogen) atoms. The molecule has 0 atom stereocenters. The number of phenols is 1. The number of aromatic nitrogens is 4. The number of aromatic hydroxyl groups is 1. The first-order valence-electron chi connectivity index (χ1n) is 8.26. The van der Waals surface area contributed by atoms with Crippen LogP contribution in [0.4, 0.5) is 5.82 Å². The van der Waals surface area contributed by atoms with Gasteiger partial charge in [0.05, 0.1) is 30.6 Å². The summed E-state index contributed by atoms with van der Waals surface area (Å²) in [7, 11) is 1.49. The number of hydrazone groups is 1. The molecule has 0 saturated carbocycles. The van der Waals surface area contributed by atoms with Crippen molar-refractivity contribution in [1.29, 1.82) is 0 Å². The molecule has 0 saturated heterocycles. The highest BCUT2D eigenvalue weighted by atomic mass is 79.9. The van der Waals surface area contributed by atoms with Crippen molar-refractivity contribution in [2.24, 2.45) is 5.10 Å². The van der Waals surface area contributed by atoms with E-state index in [2.05, 4.69) is 41.5 Å². The van der Waals surface area contributed by atoms with Crippen molar-refractivity contribution in [2.45, 2.75) is 0 Å². The van der Waals surface area contributed by atoms with Crippen LogP contribution in [0.15, 0.2) is 64.6 Å². The van der Waals surface area contributed by atoms with Gasteiger partial charge in [0, 0.05) is 4.47 Å². The number of nitrogens with zero attached hydrogens (tertiary/aromatic N) is 5. The predicted molar refractivity (Wildman–Crippen MR) is 110 cm³/mol. The number of halogens is 1. The molecule has 2 N–H and O–H groups in total. The van der Waals surface area contributed by atoms with E-state index in [1.165, 1.54) is 13.4 Å². The second-order valence-corrected chi connectivity index (χ2v) is 6.71. The minimum absolute atomic E-state index is 0.0741. The Morgan fingerprint density at radius 1 is 1.21 bits per heavy atom. The van der Waals surface area contributed by atoms with E-state index in [4.69, 9.17) is 4.74 Å². The zero-order valence-corrected chi connectivity index (χ0v) is 16.3. The zero-order valence-electron chi connectivity index (χ0n) is 14.7. The first-order chi connectivity index (χ1) is 13.7. The number of methoxy groups -OCH3 is 1.